The molecule has 8 atom stereocenters. The van der Waals surface area contributed by atoms with E-state index < -0.39 is 72.0 Å². The van der Waals surface area contributed by atoms with Crippen molar-refractivity contribution in [3.8, 4) is 0 Å². The summed E-state index contributed by atoms with van der Waals surface area (Å²) in [6.07, 6.45) is 3.39. The van der Waals surface area contributed by atoms with Crippen molar-refractivity contribution in [2.24, 2.45) is 17.8 Å². The molecule has 10 nitrogen and oxygen atoms in total. The van der Waals surface area contributed by atoms with Crippen LogP contribution in [0.4, 0.5) is 5.69 Å². The third kappa shape index (κ3) is 6.95. The summed E-state index contributed by atoms with van der Waals surface area (Å²) >= 11 is 10.3. The molecule has 1 spiro atoms. The van der Waals surface area contributed by atoms with Crippen LogP contribution in [0.25, 0.3) is 0 Å². The van der Waals surface area contributed by atoms with Crippen LogP contribution in [0, 0.1) is 17.8 Å². The molecule has 49 heavy (non-hydrogen) atoms. The molecular formula is C37H43BrClN3O7. The summed E-state index contributed by atoms with van der Waals surface area (Å²) in [5.74, 6) is -3.99. The van der Waals surface area contributed by atoms with Crippen LogP contribution in [-0.4, -0.2) is 82.1 Å². The normalized spacial score (nSPS) is 26.6. The SMILES string of the molecule is C=CCCC(=O)OC[C@@H](NC(=O)[C@@H]1[C@H]2O[C@@]3(CC2Br)[C@H](C(=O)N(CC=C)c2ccccc2Cl)N([C@@H](CO)C(C)C)C(=O)[C@@H]13)c1ccccc1. The van der Waals surface area contributed by atoms with Crippen molar-refractivity contribution in [3.63, 3.8) is 0 Å². The first kappa shape index (κ1) is 36.8. The monoisotopic (exact) mass is 755 g/mol. The van der Waals surface area contributed by atoms with Crippen molar-refractivity contribution in [2.75, 3.05) is 24.7 Å². The number of alkyl halides is 1. The molecule has 3 fully saturated rings. The highest BCUT2D eigenvalue weighted by Gasteiger charge is 2.77. The molecule has 3 amide bonds. The number of amides is 3. The number of allylic oxidation sites excluding steroid dienone is 1. The number of carbonyl (C=O) groups is 4. The Kier molecular flexibility index (Phi) is 11.7. The minimum Gasteiger partial charge on any atom is -0.463 e. The lowest BCUT2D eigenvalue weighted by Gasteiger charge is -2.40. The Balaban J connectivity index is 1.53. The van der Waals surface area contributed by atoms with Gasteiger partial charge in [0, 0.05) is 17.8 Å². The number of nitrogens with one attached hydrogen (secondary N) is 1. The molecule has 0 saturated carbocycles. The molecule has 12 heteroatoms. The number of para-hydroxylation sites is 1. The van der Waals surface area contributed by atoms with Crippen LogP contribution in [0.2, 0.25) is 5.02 Å². The fraction of sp³-hybridized carbons (Fsp3) is 0.459. The third-order valence-corrected chi connectivity index (χ3v) is 10.9. The number of ether oxygens (including phenoxy) is 2. The molecule has 2 bridgehead atoms. The largest absolute Gasteiger partial charge is 0.463 e. The first-order valence-electron chi connectivity index (χ1n) is 16.5. The first-order chi connectivity index (χ1) is 23.5. The van der Waals surface area contributed by atoms with Crippen LogP contribution in [-0.2, 0) is 28.7 Å². The van der Waals surface area contributed by atoms with Crippen LogP contribution < -0.4 is 10.2 Å². The summed E-state index contributed by atoms with van der Waals surface area (Å²) in [6.45, 7) is 10.8. The Morgan fingerprint density at radius 1 is 1.16 bits per heavy atom. The van der Waals surface area contributed by atoms with Gasteiger partial charge in [-0.25, -0.2) is 0 Å². The number of nitrogens with zero attached hydrogens (tertiary/aromatic N) is 2. The highest BCUT2D eigenvalue weighted by molar-refractivity contribution is 9.09. The average molecular weight is 757 g/mol. The fourth-order valence-electron chi connectivity index (χ4n) is 7.52. The highest BCUT2D eigenvalue weighted by atomic mass is 79.9. The molecule has 2 aromatic rings. The van der Waals surface area contributed by atoms with Gasteiger partial charge in [-0.15, -0.1) is 13.2 Å². The van der Waals surface area contributed by atoms with Crippen LogP contribution >= 0.6 is 27.5 Å². The third-order valence-electron chi connectivity index (χ3n) is 9.78. The number of aliphatic hydroxyl groups excluding tert-OH is 1. The van der Waals surface area contributed by atoms with E-state index in [0.717, 1.165) is 0 Å². The molecule has 262 valence electrons. The Morgan fingerprint density at radius 2 is 1.86 bits per heavy atom. The van der Waals surface area contributed by atoms with Gasteiger partial charge in [-0.3, -0.25) is 19.2 Å². The van der Waals surface area contributed by atoms with Crippen LogP contribution in [0.15, 0.2) is 79.9 Å². The van der Waals surface area contributed by atoms with Gasteiger partial charge in [-0.2, -0.15) is 0 Å². The van der Waals surface area contributed by atoms with Crippen molar-refractivity contribution >= 4 is 56.9 Å². The van der Waals surface area contributed by atoms with Crippen molar-refractivity contribution in [3.05, 3.63) is 90.5 Å². The zero-order valence-electron chi connectivity index (χ0n) is 27.7. The Labute approximate surface area is 300 Å². The number of benzene rings is 2. The van der Waals surface area contributed by atoms with Gasteiger partial charge in [-0.05, 0) is 36.5 Å². The number of esters is 1. The Hall–Kier alpha value is -3.51. The number of hydrogen-bond donors (Lipinski definition) is 2. The van der Waals surface area contributed by atoms with Crippen molar-refractivity contribution < 1.29 is 33.8 Å². The number of aliphatic hydroxyl groups is 1. The predicted octanol–water partition coefficient (Wildman–Crippen LogP) is 4.99. The summed E-state index contributed by atoms with van der Waals surface area (Å²) in [5, 5.41) is 14.0. The molecule has 2 N–H and O–H groups in total. The van der Waals surface area contributed by atoms with Gasteiger partial charge < -0.3 is 29.7 Å². The van der Waals surface area contributed by atoms with Crippen molar-refractivity contribution in [1.82, 2.24) is 10.2 Å². The zero-order valence-corrected chi connectivity index (χ0v) is 30.0. The maximum atomic E-state index is 14.9. The number of rotatable bonds is 15. The van der Waals surface area contributed by atoms with Gasteiger partial charge in [-0.1, -0.05) is 96.0 Å². The van der Waals surface area contributed by atoms with Crippen molar-refractivity contribution in [1.29, 1.82) is 0 Å². The van der Waals surface area contributed by atoms with E-state index in [0.29, 0.717) is 22.7 Å². The molecule has 2 aromatic carbocycles. The highest BCUT2D eigenvalue weighted by Crippen LogP contribution is 2.61. The fourth-order valence-corrected chi connectivity index (χ4v) is 8.70. The Bertz CT molecular complexity index is 1570. The molecule has 3 heterocycles. The van der Waals surface area contributed by atoms with E-state index in [1.165, 1.54) is 9.80 Å². The minimum atomic E-state index is -1.38. The van der Waals surface area contributed by atoms with E-state index in [2.05, 4.69) is 34.4 Å². The van der Waals surface area contributed by atoms with E-state index in [4.69, 9.17) is 21.1 Å². The second-order valence-corrected chi connectivity index (χ2v) is 14.7. The second-order valence-electron chi connectivity index (χ2n) is 13.1. The van der Waals surface area contributed by atoms with Gasteiger partial charge >= 0.3 is 5.97 Å². The van der Waals surface area contributed by atoms with Gasteiger partial charge in [0.2, 0.25) is 11.8 Å². The number of carbonyl (C=O) groups excluding carboxylic acids is 4. The molecule has 3 saturated heterocycles. The number of halogens is 2. The van der Waals surface area contributed by atoms with Crippen molar-refractivity contribution in [2.45, 2.75) is 67.8 Å². The van der Waals surface area contributed by atoms with E-state index in [1.807, 2.05) is 44.2 Å². The molecule has 1 unspecified atom stereocenters. The number of fused-ring (bicyclic) bond motifs is 1. The lowest BCUT2D eigenvalue weighted by Crippen LogP contribution is -2.60. The number of anilines is 1. The summed E-state index contributed by atoms with van der Waals surface area (Å²) in [6, 6.07) is 13.4. The lowest BCUT2D eigenvalue weighted by molar-refractivity contribution is -0.147. The standard InChI is InChI=1S/C37H43BrClN3O7/c1-5-7-17-29(44)48-21-26(23-13-9-8-10-14-23)40-34(45)30-31-35(46)42(28(20-43)22(3)4)33(37(31)19-24(38)32(30)49-37)36(47)41(18-6-2)27-16-12-11-15-25(27)39/h5-6,8-16,22,24,26,28,30-33,43H,1-2,7,17-21H2,3-4H3,(H,40,45)/t24?,26-,28+,30+,31-,32+,33+,37-/m1/s1. The Morgan fingerprint density at radius 3 is 2.49 bits per heavy atom. The van der Waals surface area contributed by atoms with Crippen LogP contribution in [0.1, 0.15) is 44.7 Å². The molecular weight excluding hydrogens is 714 g/mol. The average Bonchev–Trinajstić information content (AvgIpc) is 3.68. The predicted molar refractivity (Wildman–Crippen MR) is 190 cm³/mol. The molecule has 3 aliphatic heterocycles. The van der Waals surface area contributed by atoms with Gasteiger partial charge in [0.15, 0.2) is 0 Å². The second kappa shape index (κ2) is 15.6. The molecule has 0 aliphatic carbocycles. The molecule has 0 radical (unpaired) electrons. The first-order valence-corrected chi connectivity index (χ1v) is 17.8. The topological polar surface area (TPSA) is 125 Å². The van der Waals surface area contributed by atoms with Gasteiger partial charge in [0.1, 0.15) is 18.2 Å². The van der Waals surface area contributed by atoms with E-state index in [-0.39, 0.29) is 36.7 Å². The molecule has 0 aromatic heterocycles. The lowest BCUT2D eigenvalue weighted by atomic mass is 9.70. The van der Waals surface area contributed by atoms with Gasteiger partial charge in [0.25, 0.3) is 5.91 Å². The maximum absolute atomic E-state index is 14.9. The summed E-state index contributed by atoms with van der Waals surface area (Å²) in [4.78, 5) is 59.0. The maximum Gasteiger partial charge on any atom is 0.306 e. The van der Waals surface area contributed by atoms with E-state index >= 15 is 0 Å². The summed E-state index contributed by atoms with van der Waals surface area (Å²) < 4.78 is 12.2. The summed E-state index contributed by atoms with van der Waals surface area (Å²) in [5.41, 5.74) is -0.219. The van der Waals surface area contributed by atoms with E-state index in [9.17, 15) is 24.3 Å². The van der Waals surface area contributed by atoms with Gasteiger partial charge in [0.05, 0.1) is 47.3 Å². The van der Waals surface area contributed by atoms with Crippen LogP contribution in [0.3, 0.4) is 0 Å². The quantitative estimate of drug-likeness (QED) is 0.149. The molecule has 5 rings (SSSR count). The van der Waals surface area contributed by atoms with Crippen LogP contribution in [0.5, 0.6) is 0 Å². The minimum absolute atomic E-state index is 0.0999. The number of hydrogen-bond acceptors (Lipinski definition) is 7. The zero-order chi connectivity index (χ0) is 35.5. The summed E-state index contributed by atoms with van der Waals surface area (Å²) in [7, 11) is 0. The van der Waals surface area contributed by atoms with E-state index in [1.54, 1.807) is 36.4 Å². The molecule has 3 aliphatic rings. The smallest absolute Gasteiger partial charge is 0.306 e. The number of likely N-dealkylation sites (tertiary alicyclic amines) is 1.